The first-order chi connectivity index (χ1) is 7.75. The van der Waals surface area contributed by atoms with E-state index in [1.807, 2.05) is 30.3 Å². The molecule has 0 atom stereocenters. The van der Waals surface area contributed by atoms with E-state index in [0.29, 0.717) is 5.16 Å². The number of aromatic nitrogens is 3. The van der Waals surface area contributed by atoms with Gasteiger partial charge < -0.3 is 9.90 Å². The van der Waals surface area contributed by atoms with Crippen LogP contribution in [0, 0.1) is 0 Å². The maximum atomic E-state index is 10.3. The van der Waals surface area contributed by atoms with E-state index in [1.54, 1.807) is 11.0 Å². The van der Waals surface area contributed by atoms with E-state index >= 15 is 0 Å². The molecule has 0 aliphatic carbocycles. The van der Waals surface area contributed by atoms with E-state index in [1.165, 1.54) is 0 Å². The van der Waals surface area contributed by atoms with Crippen molar-refractivity contribution in [2.24, 2.45) is 0 Å². The third kappa shape index (κ3) is 2.60. The average Bonchev–Trinajstić information content (AvgIpc) is 2.76. The molecule has 0 bridgehead atoms. The van der Waals surface area contributed by atoms with Gasteiger partial charge in [-0.3, -0.25) is 0 Å². The van der Waals surface area contributed by atoms with Gasteiger partial charge in [0.1, 0.15) is 6.33 Å². The average molecular weight is 234 g/mol. The summed E-state index contributed by atoms with van der Waals surface area (Å²) in [5.41, 5.74) is 0.885. The Morgan fingerprint density at radius 2 is 2.12 bits per heavy atom. The molecular weight excluding hydrogens is 226 g/mol. The number of nitrogens with zero attached hydrogens (tertiary/aromatic N) is 3. The molecule has 0 radical (unpaired) electrons. The molecule has 1 aromatic carbocycles. The number of rotatable bonds is 4. The molecule has 0 saturated heterocycles. The zero-order chi connectivity index (χ0) is 11.4. The van der Waals surface area contributed by atoms with Crippen molar-refractivity contribution in [3.05, 3.63) is 36.7 Å². The molecule has 2 aromatic rings. The number of para-hydroxylation sites is 1. The van der Waals surface area contributed by atoms with Crippen LogP contribution in [0.15, 0.2) is 41.8 Å². The standard InChI is InChI=1S/C10H9N3O2S/c14-9(15)6-16-10-11-7-13(12-10)8-4-2-1-3-5-8/h1-5,7H,6H2,(H,14,15)/p-1. The van der Waals surface area contributed by atoms with E-state index < -0.39 is 5.97 Å². The van der Waals surface area contributed by atoms with Crippen LogP contribution in [0.2, 0.25) is 0 Å². The topological polar surface area (TPSA) is 70.8 Å². The lowest BCUT2D eigenvalue weighted by Gasteiger charge is -1.98. The molecule has 0 aliphatic rings. The van der Waals surface area contributed by atoms with Crippen LogP contribution >= 0.6 is 11.8 Å². The fourth-order valence-corrected chi connectivity index (χ4v) is 1.66. The van der Waals surface area contributed by atoms with Gasteiger partial charge in [0.05, 0.1) is 11.7 Å². The molecule has 0 fully saturated rings. The maximum Gasteiger partial charge on any atom is 0.209 e. The van der Waals surface area contributed by atoms with Gasteiger partial charge in [-0.2, -0.15) is 0 Å². The van der Waals surface area contributed by atoms with Gasteiger partial charge in [0.15, 0.2) is 0 Å². The fraction of sp³-hybridized carbons (Fsp3) is 0.100. The fourth-order valence-electron chi connectivity index (χ4n) is 1.14. The van der Waals surface area contributed by atoms with E-state index in [-0.39, 0.29) is 5.75 Å². The van der Waals surface area contributed by atoms with Crippen LogP contribution in [0.3, 0.4) is 0 Å². The summed E-state index contributed by atoms with van der Waals surface area (Å²) in [5.74, 6) is -1.26. The van der Waals surface area contributed by atoms with Crippen LogP contribution in [-0.2, 0) is 4.79 Å². The minimum Gasteiger partial charge on any atom is -0.549 e. The Labute approximate surface area is 96.1 Å². The Morgan fingerprint density at radius 1 is 1.38 bits per heavy atom. The van der Waals surface area contributed by atoms with Crippen LogP contribution in [-0.4, -0.2) is 26.5 Å². The zero-order valence-electron chi connectivity index (χ0n) is 8.24. The van der Waals surface area contributed by atoms with Crippen molar-refractivity contribution in [2.45, 2.75) is 5.16 Å². The lowest BCUT2D eigenvalue weighted by atomic mass is 10.3. The molecule has 0 amide bonds. The molecular formula is C10H8N3O2S-. The summed E-state index contributed by atoms with van der Waals surface area (Å²) in [6, 6.07) is 9.48. The number of carboxylic acids is 1. The number of carbonyl (C=O) groups excluding carboxylic acids is 1. The molecule has 0 aliphatic heterocycles. The summed E-state index contributed by atoms with van der Waals surface area (Å²) in [4.78, 5) is 14.2. The molecule has 82 valence electrons. The van der Waals surface area contributed by atoms with Gasteiger partial charge in [0, 0.05) is 5.75 Å². The minimum absolute atomic E-state index is 0.140. The second kappa shape index (κ2) is 4.80. The Hall–Kier alpha value is -1.82. The van der Waals surface area contributed by atoms with Crippen molar-refractivity contribution in [1.29, 1.82) is 0 Å². The smallest absolute Gasteiger partial charge is 0.209 e. The third-order valence-corrected chi connectivity index (χ3v) is 2.64. The monoisotopic (exact) mass is 234 g/mol. The molecule has 0 unspecified atom stereocenters. The molecule has 6 heteroatoms. The predicted molar refractivity (Wildman–Crippen MR) is 57.1 cm³/mol. The molecule has 0 N–H and O–H groups in total. The molecule has 1 heterocycles. The molecule has 0 spiro atoms. The first kappa shape index (κ1) is 10.7. The van der Waals surface area contributed by atoms with Crippen molar-refractivity contribution in [1.82, 2.24) is 14.8 Å². The number of hydrogen-bond acceptors (Lipinski definition) is 5. The second-order valence-corrected chi connectivity index (χ2v) is 3.91. The molecule has 16 heavy (non-hydrogen) atoms. The SMILES string of the molecule is O=C([O-])CSc1ncn(-c2ccccc2)n1. The lowest BCUT2D eigenvalue weighted by Crippen LogP contribution is -2.24. The summed E-state index contributed by atoms with van der Waals surface area (Å²) in [6.07, 6.45) is 1.55. The number of carbonyl (C=O) groups is 1. The molecule has 0 saturated carbocycles. The number of hydrogen-bond donors (Lipinski definition) is 0. The van der Waals surface area contributed by atoms with Gasteiger partial charge in [-0.05, 0) is 12.1 Å². The quantitative estimate of drug-likeness (QED) is 0.702. The Bertz CT molecular complexity index is 484. The Balaban J connectivity index is 2.11. The lowest BCUT2D eigenvalue weighted by molar-refractivity contribution is -0.301. The number of carboxylic acid groups (broad SMARTS) is 1. The molecule has 2 rings (SSSR count). The zero-order valence-corrected chi connectivity index (χ0v) is 9.05. The highest BCUT2D eigenvalue weighted by Crippen LogP contribution is 2.13. The maximum absolute atomic E-state index is 10.3. The summed E-state index contributed by atoms with van der Waals surface area (Å²) in [6.45, 7) is 0. The second-order valence-electron chi connectivity index (χ2n) is 2.97. The number of aliphatic carboxylic acids is 1. The first-order valence-electron chi connectivity index (χ1n) is 4.55. The van der Waals surface area contributed by atoms with Crippen molar-refractivity contribution < 1.29 is 9.90 Å². The molecule has 1 aromatic heterocycles. The van der Waals surface area contributed by atoms with Crippen LogP contribution < -0.4 is 5.11 Å². The van der Waals surface area contributed by atoms with E-state index in [0.717, 1.165) is 17.4 Å². The van der Waals surface area contributed by atoms with E-state index in [9.17, 15) is 9.90 Å². The van der Waals surface area contributed by atoms with Crippen LogP contribution in [0.5, 0.6) is 0 Å². The van der Waals surface area contributed by atoms with Gasteiger partial charge in [-0.15, -0.1) is 5.10 Å². The largest absolute Gasteiger partial charge is 0.549 e. The van der Waals surface area contributed by atoms with Crippen molar-refractivity contribution in [2.75, 3.05) is 5.75 Å². The highest BCUT2D eigenvalue weighted by molar-refractivity contribution is 7.99. The van der Waals surface area contributed by atoms with Crippen molar-refractivity contribution in [3.63, 3.8) is 0 Å². The predicted octanol–water partition coefficient (Wildman–Crippen LogP) is 0.109. The van der Waals surface area contributed by atoms with Crippen molar-refractivity contribution in [3.8, 4) is 5.69 Å². The number of benzene rings is 1. The van der Waals surface area contributed by atoms with Crippen LogP contribution in [0.1, 0.15) is 0 Å². The third-order valence-electron chi connectivity index (χ3n) is 1.81. The summed E-state index contributed by atoms with van der Waals surface area (Å²) >= 11 is 1.04. The summed E-state index contributed by atoms with van der Waals surface area (Å²) in [5, 5.41) is 14.8. The van der Waals surface area contributed by atoms with Gasteiger partial charge in [0.2, 0.25) is 5.16 Å². The van der Waals surface area contributed by atoms with Crippen molar-refractivity contribution >= 4 is 17.7 Å². The Kier molecular flexibility index (Phi) is 3.21. The van der Waals surface area contributed by atoms with E-state index in [4.69, 9.17) is 0 Å². The first-order valence-corrected chi connectivity index (χ1v) is 5.54. The van der Waals surface area contributed by atoms with Gasteiger partial charge in [0.25, 0.3) is 0 Å². The summed E-state index contributed by atoms with van der Waals surface area (Å²) < 4.78 is 1.59. The normalized spacial score (nSPS) is 10.2. The number of thioether (sulfide) groups is 1. The van der Waals surface area contributed by atoms with Gasteiger partial charge in [-0.1, -0.05) is 30.0 Å². The van der Waals surface area contributed by atoms with E-state index in [2.05, 4.69) is 10.1 Å². The minimum atomic E-state index is -1.12. The summed E-state index contributed by atoms with van der Waals surface area (Å²) in [7, 11) is 0. The Morgan fingerprint density at radius 3 is 2.81 bits per heavy atom. The highest BCUT2D eigenvalue weighted by Gasteiger charge is 2.02. The van der Waals surface area contributed by atoms with Gasteiger partial charge >= 0.3 is 0 Å². The van der Waals surface area contributed by atoms with Crippen LogP contribution in [0.25, 0.3) is 5.69 Å². The van der Waals surface area contributed by atoms with Crippen LogP contribution in [0.4, 0.5) is 0 Å². The molecule has 5 nitrogen and oxygen atoms in total. The highest BCUT2D eigenvalue weighted by atomic mass is 32.2. The van der Waals surface area contributed by atoms with Gasteiger partial charge in [-0.25, -0.2) is 9.67 Å².